The van der Waals surface area contributed by atoms with Crippen LogP contribution in [0.25, 0.3) is 0 Å². The van der Waals surface area contributed by atoms with Crippen LogP contribution in [0.2, 0.25) is 0 Å². The van der Waals surface area contributed by atoms with Gasteiger partial charge in [-0.1, -0.05) is 13.0 Å². The molecule has 2 rings (SSSR count). The van der Waals surface area contributed by atoms with Gasteiger partial charge in [0.05, 0.1) is 10.9 Å². The van der Waals surface area contributed by atoms with Gasteiger partial charge in [-0.3, -0.25) is 4.79 Å². The summed E-state index contributed by atoms with van der Waals surface area (Å²) in [5, 5.41) is 6.18. The van der Waals surface area contributed by atoms with Crippen LogP contribution >= 0.6 is 11.8 Å². The lowest BCUT2D eigenvalue weighted by Crippen LogP contribution is -2.26. The van der Waals surface area contributed by atoms with Crippen LogP contribution in [0.3, 0.4) is 0 Å². The molecule has 1 aliphatic heterocycles. The van der Waals surface area contributed by atoms with Crippen LogP contribution in [-0.4, -0.2) is 24.7 Å². The molecule has 0 aliphatic carbocycles. The Kier molecular flexibility index (Phi) is 4.30. The molecule has 0 spiro atoms. The van der Waals surface area contributed by atoms with Gasteiger partial charge in [-0.2, -0.15) is 0 Å². The summed E-state index contributed by atoms with van der Waals surface area (Å²) in [6, 6.07) is 6.38. The first-order valence-electron chi connectivity index (χ1n) is 6.41. The number of hydrogen-bond acceptors (Lipinski definition) is 3. The minimum atomic E-state index is -0.00266. The molecule has 1 aromatic rings. The lowest BCUT2D eigenvalue weighted by molar-refractivity contribution is -0.115. The Balaban J connectivity index is 2.26. The molecule has 2 unspecified atom stereocenters. The average molecular weight is 264 g/mol. The molecular weight excluding hydrogens is 244 g/mol. The maximum absolute atomic E-state index is 11.6. The van der Waals surface area contributed by atoms with Crippen LogP contribution in [0, 0.1) is 0 Å². The highest BCUT2D eigenvalue weighted by atomic mass is 32.2. The van der Waals surface area contributed by atoms with Crippen molar-refractivity contribution in [3.63, 3.8) is 0 Å². The third-order valence-corrected chi connectivity index (χ3v) is 4.51. The highest BCUT2D eigenvalue weighted by Gasteiger charge is 2.23. The maximum Gasteiger partial charge on any atom is 0.237 e. The van der Waals surface area contributed by atoms with Gasteiger partial charge in [0.25, 0.3) is 0 Å². The number of benzene rings is 1. The standard InChI is InChI=1S/C14H20N2OS/c1-4-10(8-15-3)11-5-6-12-13(7-11)18-9(2)14(17)16-12/h5-7,9-10,15H,4,8H2,1-3H3,(H,16,17). The summed E-state index contributed by atoms with van der Waals surface area (Å²) >= 11 is 1.65. The van der Waals surface area contributed by atoms with Crippen LogP contribution < -0.4 is 10.6 Å². The maximum atomic E-state index is 11.6. The number of hydrogen-bond donors (Lipinski definition) is 2. The first-order valence-corrected chi connectivity index (χ1v) is 7.29. The van der Waals surface area contributed by atoms with E-state index in [1.54, 1.807) is 11.8 Å². The zero-order valence-electron chi connectivity index (χ0n) is 11.1. The molecule has 1 aromatic carbocycles. The first-order chi connectivity index (χ1) is 8.65. The van der Waals surface area contributed by atoms with Gasteiger partial charge in [0.1, 0.15) is 0 Å². The molecule has 0 saturated carbocycles. The lowest BCUT2D eigenvalue weighted by atomic mass is 9.96. The molecule has 2 N–H and O–H groups in total. The third-order valence-electron chi connectivity index (χ3n) is 3.35. The quantitative estimate of drug-likeness (QED) is 0.878. The predicted molar refractivity (Wildman–Crippen MR) is 77.3 cm³/mol. The molecule has 2 atom stereocenters. The Morgan fingerprint density at radius 1 is 1.50 bits per heavy atom. The van der Waals surface area contributed by atoms with Crippen LogP contribution in [-0.2, 0) is 4.79 Å². The molecule has 0 bridgehead atoms. The second-order valence-corrected chi connectivity index (χ2v) is 6.05. The highest BCUT2D eigenvalue weighted by Crippen LogP contribution is 2.37. The Morgan fingerprint density at radius 2 is 2.28 bits per heavy atom. The van der Waals surface area contributed by atoms with Crippen LogP contribution in [0.15, 0.2) is 23.1 Å². The Bertz CT molecular complexity index is 447. The minimum absolute atomic E-state index is 0.00266. The van der Waals surface area contributed by atoms with E-state index in [1.165, 1.54) is 10.5 Å². The van der Waals surface area contributed by atoms with E-state index in [0.29, 0.717) is 5.92 Å². The van der Waals surface area contributed by atoms with Gasteiger partial charge < -0.3 is 10.6 Å². The first kappa shape index (κ1) is 13.4. The van der Waals surface area contributed by atoms with Crippen molar-refractivity contribution in [2.24, 2.45) is 0 Å². The molecular formula is C14H20N2OS. The number of rotatable bonds is 4. The molecule has 0 aromatic heterocycles. The number of carbonyl (C=O) groups is 1. The van der Waals surface area contributed by atoms with E-state index < -0.39 is 0 Å². The Labute approximate surface area is 113 Å². The van der Waals surface area contributed by atoms with Crippen molar-refractivity contribution in [3.05, 3.63) is 23.8 Å². The summed E-state index contributed by atoms with van der Waals surface area (Å²) in [4.78, 5) is 12.8. The Morgan fingerprint density at radius 3 is 2.94 bits per heavy atom. The summed E-state index contributed by atoms with van der Waals surface area (Å²) < 4.78 is 0. The molecule has 0 fully saturated rings. The molecule has 98 valence electrons. The van der Waals surface area contributed by atoms with Crippen molar-refractivity contribution < 1.29 is 4.79 Å². The molecule has 4 heteroatoms. The lowest BCUT2D eigenvalue weighted by Gasteiger charge is -2.23. The molecule has 1 heterocycles. The van der Waals surface area contributed by atoms with Crippen LogP contribution in [0.1, 0.15) is 31.7 Å². The van der Waals surface area contributed by atoms with Crippen molar-refractivity contribution in [1.29, 1.82) is 0 Å². The van der Waals surface area contributed by atoms with Crippen molar-refractivity contribution in [3.8, 4) is 0 Å². The normalized spacial score (nSPS) is 20.2. The van der Waals surface area contributed by atoms with E-state index >= 15 is 0 Å². The van der Waals surface area contributed by atoms with Gasteiger partial charge >= 0.3 is 0 Å². The number of fused-ring (bicyclic) bond motifs is 1. The van der Waals surface area contributed by atoms with Gasteiger partial charge in [0.2, 0.25) is 5.91 Å². The average Bonchev–Trinajstić information content (AvgIpc) is 2.37. The van der Waals surface area contributed by atoms with Crippen molar-refractivity contribution in [2.45, 2.75) is 36.3 Å². The van der Waals surface area contributed by atoms with Crippen LogP contribution in [0.5, 0.6) is 0 Å². The molecule has 1 aliphatic rings. The van der Waals surface area contributed by atoms with E-state index in [9.17, 15) is 4.79 Å². The summed E-state index contributed by atoms with van der Waals surface area (Å²) in [7, 11) is 1.98. The second kappa shape index (κ2) is 5.76. The summed E-state index contributed by atoms with van der Waals surface area (Å²) in [6.45, 7) is 5.14. The number of thioether (sulfide) groups is 1. The molecule has 3 nitrogen and oxygen atoms in total. The monoisotopic (exact) mass is 264 g/mol. The van der Waals surface area contributed by atoms with E-state index in [4.69, 9.17) is 0 Å². The van der Waals surface area contributed by atoms with Gasteiger partial charge in [-0.15, -0.1) is 11.8 Å². The van der Waals surface area contributed by atoms with Gasteiger partial charge in [-0.05, 0) is 44.0 Å². The smallest absolute Gasteiger partial charge is 0.237 e. The zero-order valence-corrected chi connectivity index (χ0v) is 11.9. The van der Waals surface area contributed by atoms with Gasteiger partial charge in [-0.25, -0.2) is 0 Å². The fourth-order valence-corrected chi connectivity index (χ4v) is 3.21. The molecule has 0 radical (unpaired) electrons. The topological polar surface area (TPSA) is 41.1 Å². The van der Waals surface area contributed by atoms with Crippen molar-refractivity contribution in [2.75, 3.05) is 18.9 Å². The minimum Gasteiger partial charge on any atom is -0.324 e. The zero-order chi connectivity index (χ0) is 13.1. The molecule has 0 saturated heterocycles. The SMILES string of the molecule is CCC(CNC)c1ccc2c(c1)SC(C)C(=O)N2. The van der Waals surface area contributed by atoms with E-state index in [0.717, 1.165) is 18.7 Å². The van der Waals surface area contributed by atoms with E-state index in [1.807, 2.05) is 20.0 Å². The number of carbonyl (C=O) groups excluding carboxylic acids is 1. The van der Waals surface area contributed by atoms with Gasteiger partial charge in [0.15, 0.2) is 0 Å². The summed E-state index contributed by atoms with van der Waals surface area (Å²) in [5.41, 5.74) is 2.30. The number of nitrogens with one attached hydrogen (secondary N) is 2. The van der Waals surface area contributed by atoms with Crippen molar-refractivity contribution >= 4 is 23.4 Å². The second-order valence-electron chi connectivity index (χ2n) is 4.67. The number of amides is 1. The third kappa shape index (κ3) is 2.70. The number of likely N-dealkylation sites (N-methyl/N-ethyl adjacent to an activating group) is 1. The summed E-state index contributed by atoms with van der Waals surface area (Å²) in [5.74, 6) is 0.636. The van der Waals surface area contributed by atoms with Crippen molar-refractivity contribution in [1.82, 2.24) is 5.32 Å². The highest BCUT2D eigenvalue weighted by molar-refractivity contribution is 8.00. The fourth-order valence-electron chi connectivity index (χ4n) is 2.22. The largest absolute Gasteiger partial charge is 0.324 e. The van der Waals surface area contributed by atoms with Gasteiger partial charge in [0, 0.05) is 11.4 Å². The predicted octanol–water partition coefficient (Wildman–Crippen LogP) is 2.83. The Hall–Kier alpha value is -1.00. The van der Waals surface area contributed by atoms with Crippen LogP contribution in [0.4, 0.5) is 5.69 Å². The number of anilines is 1. The molecule has 18 heavy (non-hydrogen) atoms. The van der Waals surface area contributed by atoms with E-state index in [2.05, 4.69) is 29.7 Å². The van der Waals surface area contributed by atoms with E-state index in [-0.39, 0.29) is 11.2 Å². The summed E-state index contributed by atoms with van der Waals surface area (Å²) in [6.07, 6.45) is 1.12. The molecule has 1 amide bonds. The fraction of sp³-hybridized carbons (Fsp3) is 0.500.